The number of anilines is 1. The van der Waals surface area contributed by atoms with Crippen molar-refractivity contribution in [2.24, 2.45) is 0 Å². The first-order valence-corrected chi connectivity index (χ1v) is 11.5. The van der Waals surface area contributed by atoms with Crippen molar-refractivity contribution in [3.63, 3.8) is 0 Å². The summed E-state index contributed by atoms with van der Waals surface area (Å²) in [5.41, 5.74) is 1.33. The molecule has 1 fully saturated rings. The smallest absolute Gasteiger partial charge is 0.256 e. The van der Waals surface area contributed by atoms with Gasteiger partial charge in [0, 0.05) is 29.7 Å². The Labute approximate surface area is 185 Å². The Morgan fingerprint density at radius 2 is 1.71 bits per heavy atom. The van der Waals surface area contributed by atoms with Crippen LogP contribution in [0, 0.1) is 0 Å². The zero-order chi connectivity index (χ0) is 21.8. The third kappa shape index (κ3) is 4.96. The van der Waals surface area contributed by atoms with E-state index in [4.69, 9.17) is 16.3 Å². The number of amides is 1. The van der Waals surface area contributed by atoms with E-state index < -0.39 is 10.0 Å². The predicted octanol–water partition coefficient (Wildman–Crippen LogP) is 2.86. The van der Waals surface area contributed by atoms with Crippen molar-refractivity contribution in [3.05, 3.63) is 76.9 Å². The van der Waals surface area contributed by atoms with Gasteiger partial charge in [-0.25, -0.2) is 13.1 Å². The highest BCUT2D eigenvalue weighted by atomic mass is 35.5. The van der Waals surface area contributed by atoms with E-state index in [0.717, 1.165) is 5.56 Å². The van der Waals surface area contributed by atoms with Crippen LogP contribution in [-0.2, 0) is 21.3 Å². The lowest BCUT2D eigenvalue weighted by molar-refractivity contribution is 0.0730. The molecule has 2 heterocycles. The lowest BCUT2D eigenvalue weighted by atomic mass is 10.2. The number of hydrogen-bond acceptors (Lipinski definition) is 5. The standard InChI is InChI=1S/C21H21ClN4O4S/c22-18-5-1-16(2-6-18)15-26-20(9-10-23-26)24-21(27)17-3-7-19(8-4-17)31(28,29)25-11-13-30-14-12-25/h1-10H,11-15H2,(H,24,27). The van der Waals surface area contributed by atoms with Crippen LogP contribution in [0.5, 0.6) is 0 Å². The third-order valence-electron chi connectivity index (χ3n) is 4.93. The van der Waals surface area contributed by atoms with Crippen LogP contribution in [0.2, 0.25) is 5.02 Å². The topological polar surface area (TPSA) is 93.5 Å². The number of nitrogens with zero attached hydrogens (tertiary/aromatic N) is 3. The molecule has 1 amide bonds. The Morgan fingerprint density at radius 3 is 2.39 bits per heavy atom. The van der Waals surface area contributed by atoms with E-state index in [1.807, 2.05) is 12.1 Å². The van der Waals surface area contributed by atoms with Crippen molar-refractivity contribution in [2.45, 2.75) is 11.4 Å². The molecule has 0 atom stereocenters. The first-order valence-electron chi connectivity index (χ1n) is 9.69. The average molecular weight is 461 g/mol. The van der Waals surface area contributed by atoms with Gasteiger partial charge < -0.3 is 10.1 Å². The summed E-state index contributed by atoms with van der Waals surface area (Å²) in [6.45, 7) is 1.87. The molecule has 1 N–H and O–H groups in total. The van der Waals surface area contributed by atoms with Crippen molar-refractivity contribution >= 4 is 33.3 Å². The number of carbonyl (C=O) groups is 1. The highest BCUT2D eigenvalue weighted by molar-refractivity contribution is 7.89. The SMILES string of the molecule is O=C(Nc1ccnn1Cc1ccc(Cl)cc1)c1ccc(S(=O)(=O)N2CCOCC2)cc1. The second kappa shape index (κ2) is 9.19. The molecule has 0 unspecified atom stereocenters. The first-order chi connectivity index (χ1) is 14.9. The zero-order valence-corrected chi connectivity index (χ0v) is 18.1. The van der Waals surface area contributed by atoms with E-state index in [0.29, 0.717) is 49.3 Å². The highest BCUT2D eigenvalue weighted by Crippen LogP contribution is 2.19. The number of carbonyl (C=O) groups excluding carboxylic acids is 1. The Hall–Kier alpha value is -2.72. The van der Waals surface area contributed by atoms with Crippen molar-refractivity contribution in [3.8, 4) is 0 Å². The maximum absolute atomic E-state index is 12.7. The van der Waals surface area contributed by atoms with Crippen LogP contribution in [0.4, 0.5) is 5.82 Å². The second-order valence-corrected chi connectivity index (χ2v) is 9.37. The van der Waals surface area contributed by atoms with Gasteiger partial charge in [-0.05, 0) is 42.0 Å². The van der Waals surface area contributed by atoms with Crippen molar-refractivity contribution in [1.29, 1.82) is 0 Å². The number of ether oxygens (including phenoxy) is 1. The molecule has 1 aliphatic heterocycles. The van der Waals surface area contributed by atoms with Crippen LogP contribution < -0.4 is 5.32 Å². The minimum Gasteiger partial charge on any atom is -0.379 e. The lowest BCUT2D eigenvalue weighted by Gasteiger charge is -2.26. The van der Waals surface area contributed by atoms with Crippen molar-refractivity contribution < 1.29 is 17.9 Å². The molecular formula is C21H21ClN4O4S. The van der Waals surface area contributed by atoms with Gasteiger partial charge in [-0.3, -0.25) is 4.79 Å². The van der Waals surface area contributed by atoms with Gasteiger partial charge in [0.1, 0.15) is 5.82 Å². The first kappa shape index (κ1) is 21.5. The van der Waals surface area contributed by atoms with Gasteiger partial charge in [0.25, 0.3) is 5.91 Å². The monoisotopic (exact) mass is 460 g/mol. The summed E-state index contributed by atoms with van der Waals surface area (Å²) < 4.78 is 33.7. The van der Waals surface area contributed by atoms with Gasteiger partial charge >= 0.3 is 0 Å². The molecule has 1 aliphatic rings. The van der Waals surface area contributed by atoms with Gasteiger partial charge in [-0.15, -0.1) is 0 Å². The molecule has 1 saturated heterocycles. The normalized spacial score (nSPS) is 15.0. The predicted molar refractivity (Wildman–Crippen MR) is 117 cm³/mol. The summed E-state index contributed by atoms with van der Waals surface area (Å²) in [7, 11) is -3.60. The maximum Gasteiger partial charge on any atom is 0.256 e. The van der Waals surface area contributed by atoms with Crippen molar-refractivity contribution in [1.82, 2.24) is 14.1 Å². The molecule has 10 heteroatoms. The maximum atomic E-state index is 12.7. The van der Waals surface area contributed by atoms with Gasteiger partial charge in [0.15, 0.2) is 0 Å². The summed E-state index contributed by atoms with van der Waals surface area (Å²) in [5.74, 6) is 0.179. The quantitative estimate of drug-likeness (QED) is 0.610. The lowest BCUT2D eigenvalue weighted by Crippen LogP contribution is -2.40. The number of morpholine rings is 1. The summed E-state index contributed by atoms with van der Waals surface area (Å²) in [6.07, 6.45) is 1.60. The molecule has 8 nitrogen and oxygen atoms in total. The summed E-state index contributed by atoms with van der Waals surface area (Å²) in [6, 6.07) is 15.0. The minimum absolute atomic E-state index is 0.152. The van der Waals surface area contributed by atoms with Gasteiger partial charge in [-0.2, -0.15) is 9.40 Å². The minimum atomic E-state index is -3.60. The molecule has 162 valence electrons. The van der Waals surface area contributed by atoms with Crippen LogP contribution in [0.3, 0.4) is 0 Å². The Morgan fingerprint density at radius 1 is 1.03 bits per heavy atom. The van der Waals surface area contributed by atoms with Crippen LogP contribution >= 0.6 is 11.6 Å². The molecule has 2 aromatic carbocycles. The zero-order valence-electron chi connectivity index (χ0n) is 16.6. The molecule has 0 aliphatic carbocycles. The van der Waals surface area contributed by atoms with Crippen LogP contribution in [0.15, 0.2) is 65.7 Å². The van der Waals surface area contributed by atoms with Crippen molar-refractivity contribution in [2.75, 3.05) is 31.6 Å². The summed E-state index contributed by atoms with van der Waals surface area (Å²) in [4.78, 5) is 12.8. The molecule has 0 saturated carbocycles. The number of nitrogens with one attached hydrogen (secondary N) is 1. The van der Waals surface area contributed by atoms with Crippen LogP contribution in [-0.4, -0.2) is 54.7 Å². The molecule has 31 heavy (non-hydrogen) atoms. The van der Waals surface area contributed by atoms with Gasteiger partial charge in [-0.1, -0.05) is 23.7 Å². The van der Waals surface area contributed by atoms with E-state index in [-0.39, 0.29) is 10.8 Å². The molecule has 4 rings (SSSR count). The van der Waals surface area contributed by atoms with Gasteiger partial charge in [0.05, 0.1) is 30.9 Å². The third-order valence-corrected chi connectivity index (χ3v) is 7.09. The molecule has 0 bridgehead atoms. The van der Waals surface area contributed by atoms with Crippen LogP contribution in [0.1, 0.15) is 15.9 Å². The Balaban J connectivity index is 1.45. The van der Waals surface area contributed by atoms with Gasteiger partial charge in [0.2, 0.25) is 10.0 Å². The number of halogens is 1. The fraction of sp³-hybridized carbons (Fsp3) is 0.238. The Kier molecular flexibility index (Phi) is 6.38. The van der Waals surface area contributed by atoms with E-state index in [1.165, 1.54) is 28.6 Å². The molecule has 3 aromatic rings. The summed E-state index contributed by atoms with van der Waals surface area (Å²) >= 11 is 5.92. The van der Waals surface area contributed by atoms with Crippen LogP contribution in [0.25, 0.3) is 0 Å². The average Bonchev–Trinajstić information content (AvgIpc) is 3.22. The molecule has 0 radical (unpaired) electrons. The molecular weight excluding hydrogens is 440 g/mol. The summed E-state index contributed by atoms with van der Waals surface area (Å²) in [5, 5.41) is 7.72. The number of benzene rings is 2. The van der Waals surface area contributed by atoms with E-state index in [9.17, 15) is 13.2 Å². The highest BCUT2D eigenvalue weighted by Gasteiger charge is 2.26. The number of hydrogen-bond donors (Lipinski definition) is 1. The number of aromatic nitrogens is 2. The fourth-order valence-electron chi connectivity index (χ4n) is 3.23. The second-order valence-electron chi connectivity index (χ2n) is 7.00. The number of sulfonamides is 1. The van der Waals surface area contributed by atoms with E-state index in [2.05, 4.69) is 10.4 Å². The Bertz CT molecular complexity index is 1150. The molecule has 1 aromatic heterocycles. The van der Waals surface area contributed by atoms with E-state index in [1.54, 1.807) is 29.1 Å². The molecule has 0 spiro atoms. The largest absolute Gasteiger partial charge is 0.379 e. The number of rotatable bonds is 6. The van der Waals surface area contributed by atoms with E-state index >= 15 is 0 Å². The fourth-order valence-corrected chi connectivity index (χ4v) is 4.76.